The van der Waals surface area contributed by atoms with Gasteiger partial charge in [-0.15, -0.1) is 0 Å². The van der Waals surface area contributed by atoms with Crippen molar-refractivity contribution in [3.8, 4) is 0 Å². The minimum atomic E-state index is -0.919. The highest BCUT2D eigenvalue weighted by Gasteiger charge is 2.04. The van der Waals surface area contributed by atoms with Crippen LogP contribution in [0.3, 0.4) is 0 Å². The van der Waals surface area contributed by atoms with Gasteiger partial charge in [0.2, 0.25) is 5.91 Å². The van der Waals surface area contributed by atoms with Crippen molar-refractivity contribution in [2.45, 2.75) is 13.0 Å². The Kier molecular flexibility index (Phi) is 4.70. The van der Waals surface area contributed by atoms with Gasteiger partial charge >= 0.3 is 0 Å². The van der Waals surface area contributed by atoms with Gasteiger partial charge < -0.3 is 15.1 Å². The molecule has 2 aromatic rings. The van der Waals surface area contributed by atoms with Gasteiger partial charge in [0, 0.05) is 18.7 Å². The number of hydrogen-bond donors (Lipinski definition) is 2. The number of hydrogen-bond acceptors (Lipinski definition) is 3. The molecule has 6 heteroatoms. The van der Waals surface area contributed by atoms with Crippen molar-refractivity contribution in [1.29, 1.82) is 0 Å². The maximum atomic E-state index is 12.9. The van der Waals surface area contributed by atoms with Gasteiger partial charge in [-0.25, -0.2) is 8.78 Å². The molecule has 0 aliphatic carbocycles. The van der Waals surface area contributed by atoms with Crippen LogP contribution in [0.4, 0.5) is 14.5 Å². The van der Waals surface area contributed by atoms with Crippen LogP contribution in [0.5, 0.6) is 0 Å². The predicted octanol–water partition coefficient (Wildman–Crippen LogP) is 2.68. The molecule has 2 rings (SSSR count). The molecule has 0 bridgehead atoms. The molecular formula is C14H14F2N2O2. The number of carbonyl (C=O) groups is 1. The standard InChI is InChI=1S/C14H14F2N2O2/c15-12-4-3-10(8-13(12)16)17-6-5-14(19)18-9-11-2-1-7-20-11/h1-4,7-8,17H,5-6,9H2,(H,18,19). The highest BCUT2D eigenvalue weighted by Crippen LogP contribution is 2.12. The van der Waals surface area contributed by atoms with Gasteiger partial charge in [0.25, 0.3) is 0 Å². The van der Waals surface area contributed by atoms with E-state index in [2.05, 4.69) is 10.6 Å². The molecule has 1 heterocycles. The van der Waals surface area contributed by atoms with Crippen LogP contribution in [0.2, 0.25) is 0 Å². The number of rotatable bonds is 6. The Labute approximate surface area is 114 Å². The first kappa shape index (κ1) is 14.0. The number of halogens is 2. The first-order chi connectivity index (χ1) is 9.65. The number of benzene rings is 1. The molecule has 106 valence electrons. The molecule has 0 radical (unpaired) electrons. The highest BCUT2D eigenvalue weighted by molar-refractivity contribution is 5.76. The van der Waals surface area contributed by atoms with Gasteiger partial charge in [-0.1, -0.05) is 0 Å². The van der Waals surface area contributed by atoms with E-state index in [-0.39, 0.29) is 12.3 Å². The average molecular weight is 280 g/mol. The molecule has 0 atom stereocenters. The Morgan fingerprint density at radius 3 is 2.75 bits per heavy atom. The number of carbonyl (C=O) groups excluding carboxylic acids is 1. The molecular weight excluding hydrogens is 266 g/mol. The summed E-state index contributed by atoms with van der Waals surface area (Å²) in [6.07, 6.45) is 1.76. The predicted molar refractivity (Wildman–Crippen MR) is 70.0 cm³/mol. The smallest absolute Gasteiger partial charge is 0.222 e. The molecule has 0 aliphatic heterocycles. The minimum Gasteiger partial charge on any atom is -0.467 e. The SMILES string of the molecule is O=C(CCNc1ccc(F)c(F)c1)NCc1ccco1. The van der Waals surface area contributed by atoms with Crippen LogP contribution in [-0.2, 0) is 11.3 Å². The van der Waals surface area contributed by atoms with E-state index >= 15 is 0 Å². The molecule has 0 saturated heterocycles. The quantitative estimate of drug-likeness (QED) is 0.855. The average Bonchev–Trinajstić information content (AvgIpc) is 2.94. The summed E-state index contributed by atoms with van der Waals surface area (Å²) in [5.41, 5.74) is 0.433. The monoisotopic (exact) mass is 280 g/mol. The van der Waals surface area contributed by atoms with Crippen molar-refractivity contribution in [2.75, 3.05) is 11.9 Å². The second kappa shape index (κ2) is 6.70. The summed E-state index contributed by atoms with van der Waals surface area (Å²) in [7, 11) is 0. The van der Waals surface area contributed by atoms with Gasteiger partial charge in [-0.05, 0) is 30.3 Å². The van der Waals surface area contributed by atoms with Crippen LogP contribution < -0.4 is 10.6 Å². The number of amides is 1. The van der Waals surface area contributed by atoms with Crippen LogP contribution in [0, 0.1) is 11.6 Å². The second-order valence-electron chi connectivity index (χ2n) is 4.16. The zero-order chi connectivity index (χ0) is 14.4. The molecule has 1 amide bonds. The molecule has 1 aromatic carbocycles. The van der Waals surface area contributed by atoms with E-state index in [4.69, 9.17) is 4.42 Å². The van der Waals surface area contributed by atoms with E-state index < -0.39 is 11.6 Å². The number of furan rings is 1. The van der Waals surface area contributed by atoms with E-state index in [1.54, 1.807) is 12.1 Å². The lowest BCUT2D eigenvalue weighted by atomic mass is 10.3. The van der Waals surface area contributed by atoms with E-state index in [9.17, 15) is 13.6 Å². The van der Waals surface area contributed by atoms with Crippen LogP contribution in [-0.4, -0.2) is 12.5 Å². The first-order valence-electron chi connectivity index (χ1n) is 6.13. The third kappa shape index (κ3) is 4.08. The largest absolute Gasteiger partial charge is 0.467 e. The molecule has 0 unspecified atom stereocenters. The topological polar surface area (TPSA) is 54.3 Å². The minimum absolute atomic E-state index is 0.156. The summed E-state index contributed by atoms with van der Waals surface area (Å²) >= 11 is 0. The molecule has 0 fully saturated rings. The lowest BCUT2D eigenvalue weighted by Gasteiger charge is -2.07. The van der Waals surface area contributed by atoms with Crippen molar-refractivity contribution in [3.63, 3.8) is 0 Å². The number of anilines is 1. The lowest BCUT2D eigenvalue weighted by molar-refractivity contribution is -0.121. The van der Waals surface area contributed by atoms with Crippen molar-refractivity contribution in [2.24, 2.45) is 0 Å². The van der Waals surface area contributed by atoms with Gasteiger partial charge in [0.15, 0.2) is 11.6 Å². The van der Waals surface area contributed by atoms with Gasteiger partial charge in [0.05, 0.1) is 12.8 Å². The molecule has 0 spiro atoms. The molecule has 2 N–H and O–H groups in total. The van der Waals surface area contributed by atoms with Gasteiger partial charge in [-0.2, -0.15) is 0 Å². The summed E-state index contributed by atoms with van der Waals surface area (Å²) in [5.74, 6) is -1.30. The van der Waals surface area contributed by atoms with E-state index in [0.29, 0.717) is 24.5 Å². The Bertz CT molecular complexity index is 571. The lowest BCUT2D eigenvalue weighted by Crippen LogP contribution is -2.24. The zero-order valence-corrected chi connectivity index (χ0v) is 10.7. The fourth-order valence-corrected chi connectivity index (χ4v) is 1.61. The van der Waals surface area contributed by atoms with E-state index in [1.165, 1.54) is 12.3 Å². The molecule has 0 aliphatic rings. The highest BCUT2D eigenvalue weighted by atomic mass is 19.2. The summed E-state index contributed by atoms with van der Waals surface area (Å²) in [6, 6.07) is 7.01. The van der Waals surface area contributed by atoms with Crippen LogP contribution in [0.15, 0.2) is 41.0 Å². The summed E-state index contributed by atoms with van der Waals surface area (Å²) in [4.78, 5) is 11.5. The zero-order valence-electron chi connectivity index (χ0n) is 10.7. The van der Waals surface area contributed by atoms with E-state index in [0.717, 1.165) is 12.1 Å². The molecule has 0 saturated carbocycles. The van der Waals surface area contributed by atoms with Gasteiger partial charge in [0.1, 0.15) is 5.76 Å². The van der Waals surface area contributed by atoms with Crippen molar-refractivity contribution in [1.82, 2.24) is 5.32 Å². The third-order valence-electron chi connectivity index (χ3n) is 2.64. The maximum Gasteiger partial charge on any atom is 0.222 e. The second-order valence-corrected chi connectivity index (χ2v) is 4.16. The fourth-order valence-electron chi connectivity index (χ4n) is 1.61. The Hall–Kier alpha value is -2.37. The van der Waals surface area contributed by atoms with Crippen LogP contribution in [0.1, 0.15) is 12.2 Å². The molecule has 1 aromatic heterocycles. The van der Waals surface area contributed by atoms with Crippen LogP contribution in [0.25, 0.3) is 0 Å². The van der Waals surface area contributed by atoms with Crippen molar-refractivity contribution >= 4 is 11.6 Å². The summed E-state index contributed by atoms with van der Waals surface area (Å²) < 4.78 is 30.7. The Morgan fingerprint density at radius 2 is 2.05 bits per heavy atom. The fraction of sp³-hybridized carbons (Fsp3) is 0.214. The Balaban J connectivity index is 1.69. The first-order valence-corrected chi connectivity index (χ1v) is 6.13. The van der Waals surface area contributed by atoms with E-state index in [1.807, 2.05) is 0 Å². The molecule has 20 heavy (non-hydrogen) atoms. The normalized spacial score (nSPS) is 10.3. The summed E-state index contributed by atoms with van der Waals surface area (Å²) in [6.45, 7) is 0.659. The van der Waals surface area contributed by atoms with Crippen LogP contribution >= 0.6 is 0 Å². The number of nitrogens with one attached hydrogen (secondary N) is 2. The van der Waals surface area contributed by atoms with Crippen molar-refractivity contribution < 1.29 is 18.0 Å². The third-order valence-corrected chi connectivity index (χ3v) is 2.64. The van der Waals surface area contributed by atoms with Gasteiger partial charge in [-0.3, -0.25) is 4.79 Å². The van der Waals surface area contributed by atoms with Crippen molar-refractivity contribution in [3.05, 3.63) is 54.0 Å². The maximum absolute atomic E-state index is 12.9. The summed E-state index contributed by atoms with van der Waals surface area (Å²) in [5, 5.41) is 5.53. The Morgan fingerprint density at radius 1 is 1.20 bits per heavy atom. The molecule has 4 nitrogen and oxygen atoms in total.